The molecule has 5 nitrogen and oxygen atoms in total. The molecular weight excluding hydrogens is 330 g/mol. The number of ether oxygens (including phenoxy) is 2. The third kappa shape index (κ3) is 4.26. The average molecular weight is 357 g/mol. The predicted molar refractivity (Wildman–Crippen MR) is 98.4 cm³/mol. The molecule has 0 spiro atoms. The minimum absolute atomic E-state index is 0.128. The van der Waals surface area contributed by atoms with E-state index in [1.54, 1.807) is 4.90 Å². The Labute approximate surface area is 155 Å². The Kier molecular flexibility index (Phi) is 5.08. The summed E-state index contributed by atoms with van der Waals surface area (Å²) in [6.45, 7) is 6.99. The van der Waals surface area contributed by atoms with Gasteiger partial charge in [0.2, 0.25) is 0 Å². The summed E-state index contributed by atoms with van der Waals surface area (Å²) in [5.74, 6) is -0.128. The molecule has 1 fully saturated rings. The molecule has 1 aromatic carbocycles. The number of hydrogen-bond acceptors (Lipinski definition) is 4. The molecule has 5 heteroatoms. The maximum Gasteiger partial charge on any atom is 0.410 e. The molecule has 1 aliphatic carbocycles. The van der Waals surface area contributed by atoms with Crippen LogP contribution in [0.4, 0.5) is 4.79 Å². The Morgan fingerprint density at radius 3 is 2.38 bits per heavy atom. The van der Waals surface area contributed by atoms with Gasteiger partial charge < -0.3 is 14.4 Å². The van der Waals surface area contributed by atoms with Crippen molar-refractivity contribution in [2.75, 3.05) is 13.1 Å². The Bertz CT molecular complexity index is 698. The zero-order valence-electron chi connectivity index (χ0n) is 15.8. The van der Waals surface area contributed by atoms with Crippen molar-refractivity contribution < 1.29 is 19.1 Å². The van der Waals surface area contributed by atoms with Crippen molar-refractivity contribution in [1.82, 2.24) is 4.90 Å². The van der Waals surface area contributed by atoms with Gasteiger partial charge in [-0.25, -0.2) is 4.79 Å². The Balaban J connectivity index is 1.55. The van der Waals surface area contributed by atoms with Crippen molar-refractivity contribution >= 4 is 12.1 Å². The quantitative estimate of drug-likeness (QED) is 0.602. The summed E-state index contributed by atoms with van der Waals surface area (Å²) >= 11 is 0. The standard InChI is InChI=1S/C21H27NO4/c1-20(2,3)26-18(23)21(11-12-21)17-9-13-22(14-10-17)19(24)25-15-16-7-5-4-6-8-16/h4-9H,10-15H2,1-3H3. The first-order chi connectivity index (χ1) is 12.3. The summed E-state index contributed by atoms with van der Waals surface area (Å²) in [6.07, 6.45) is 4.06. The number of esters is 1. The lowest BCUT2D eigenvalue weighted by Crippen LogP contribution is -2.38. The molecule has 0 aromatic heterocycles. The van der Waals surface area contributed by atoms with Gasteiger partial charge in [0, 0.05) is 13.1 Å². The molecular formula is C21H27NO4. The molecule has 1 saturated carbocycles. The van der Waals surface area contributed by atoms with Gasteiger partial charge in [0.05, 0.1) is 5.41 Å². The highest BCUT2D eigenvalue weighted by atomic mass is 16.6. The van der Waals surface area contributed by atoms with Crippen molar-refractivity contribution in [2.45, 2.75) is 52.2 Å². The Morgan fingerprint density at radius 2 is 1.85 bits per heavy atom. The largest absolute Gasteiger partial charge is 0.459 e. The van der Waals surface area contributed by atoms with Gasteiger partial charge in [0.1, 0.15) is 12.2 Å². The van der Waals surface area contributed by atoms with Crippen LogP contribution in [0.1, 0.15) is 45.6 Å². The van der Waals surface area contributed by atoms with E-state index in [4.69, 9.17) is 9.47 Å². The number of amides is 1. The smallest absolute Gasteiger partial charge is 0.410 e. The number of carbonyl (C=O) groups excluding carboxylic acids is 2. The van der Waals surface area contributed by atoms with Crippen molar-refractivity contribution in [1.29, 1.82) is 0 Å². The minimum Gasteiger partial charge on any atom is -0.459 e. The van der Waals surface area contributed by atoms with Crippen LogP contribution in [0.5, 0.6) is 0 Å². The molecule has 140 valence electrons. The van der Waals surface area contributed by atoms with E-state index < -0.39 is 11.0 Å². The molecule has 1 amide bonds. The van der Waals surface area contributed by atoms with Crippen LogP contribution >= 0.6 is 0 Å². The highest BCUT2D eigenvalue weighted by Gasteiger charge is 2.55. The molecule has 26 heavy (non-hydrogen) atoms. The summed E-state index contributed by atoms with van der Waals surface area (Å²) in [6, 6.07) is 9.63. The lowest BCUT2D eigenvalue weighted by molar-refractivity contribution is -0.160. The monoisotopic (exact) mass is 357 g/mol. The lowest BCUT2D eigenvalue weighted by Gasteiger charge is -2.30. The van der Waals surface area contributed by atoms with Crippen LogP contribution in [0.2, 0.25) is 0 Å². The molecule has 1 heterocycles. The third-order valence-corrected chi connectivity index (χ3v) is 4.83. The van der Waals surface area contributed by atoms with Gasteiger partial charge in [0.15, 0.2) is 0 Å². The summed E-state index contributed by atoms with van der Waals surface area (Å²) < 4.78 is 11.0. The van der Waals surface area contributed by atoms with E-state index in [0.29, 0.717) is 19.5 Å². The van der Waals surface area contributed by atoms with Crippen LogP contribution in [0.3, 0.4) is 0 Å². The van der Waals surface area contributed by atoms with Gasteiger partial charge >= 0.3 is 12.1 Å². The summed E-state index contributed by atoms with van der Waals surface area (Å²) in [5, 5.41) is 0. The van der Waals surface area contributed by atoms with E-state index in [9.17, 15) is 9.59 Å². The maximum absolute atomic E-state index is 12.5. The van der Waals surface area contributed by atoms with Crippen LogP contribution in [0.25, 0.3) is 0 Å². The summed E-state index contributed by atoms with van der Waals surface area (Å²) in [5.41, 5.74) is 1.15. The van der Waals surface area contributed by atoms with Crippen LogP contribution in [0, 0.1) is 5.41 Å². The van der Waals surface area contributed by atoms with E-state index >= 15 is 0 Å². The predicted octanol–water partition coefficient (Wildman–Crippen LogP) is 4.08. The average Bonchev–Trinajstić information content (AvgIpc) is 3.41. The zero-order chi connectivity index (χ0) is 18.8. The molecule has 0 saturated heterocycles. The fourth-order valence-electron chi connectivity index (χ4n) is 3.24. The van der Waals surface area contributed by atoms with Gasteiger partial charge in [-0.2, -0.15) is 0 Å². The third-order valence-electron chi connectivity index (χ3n) is 4.83. The van der Waals surface area contributed by atoms with Crippen LogP contribution in [0.15, 0.2) is 42.0 Å². The van der Waals surface area contributed by atoms with Crippen molar-refractivity contribution in [3.63, 3.8) is 0 Å². The van der Waals surface area contributed by atoms with Crippen LogP contribution in [-0.2, 0) is 20.9 Å². The Morgan fingerprint density at radius 1 is 1.15 bits per heavy atom. The number of nitrogens with zero attached hydrogens (tertiary/aromatic N) is 1. The van der Waals surface area contributed by atoms with Crippen molar-refractivity contribution in [3.8, 4) is 0 Å². The van der Waals surface area contributed by atoms with Crippen molar-refractivity contribution in [3.05, 3.63) is 47.5 Å². The molecule has 0 N–H and O–H groups in total. The van der Waals surface area contributed by atoms with E-state index in [2.05, 4.69) is 0 Å². The first-order valence-corrected chi connectivity index (χ1v) is 9.19. The highest BCUT2D eigenvalue weighted by molar-refractivity contribution is 5.84. The molecule has 3 rings (SSSR count). The maximum atomic E-state index is 12.5. The SMILES string of the molecule is CC(C)(C)OC(=O)C1(C2=CCN(C(=O)OCc3ccccc3)CC2)CC1. The van der Waals surface area contributed by atoms with E-state index in [-0.39, 0.29) is 18.7 Å². The highest BCUT2D eigenvalue weighted by Crippen LogP contribution is 2.55. The zero-order valence-corrected chi connectivity index (χ0v) is 15.8. The van der Waals surface area contributed by atoms with Crippen LogP contribution < -0.4 is 0 Å². The topological polar surface area (TPSA) is 55.8 Å². The van der Waals surface area contributed by atoms with Gasteiger partial charge in [-0.05, 0) is 45.6 Å². The first kappa shape index (κ1) is 18.5. The van der Waals surface area contributed by atoms with Gasteiger partial charge in [-0.3, -0.25) is 4.79 Å². The second-order valence-corrected chi connectivity index (χ2v) is 8.05. The van der Waals surface area contributed by atoms with E-state index in [1.807, 2.05) is 57.2 Å². The lowest BCUT2D eigenvalue weighted by atomic mass is 9.90. The fraction of sp³-hybridized carbons (Fsp3) is 0.524. The molecule has 0 atom stereocenters. The fourth-order valence-corrected chi connectivity index (χ4v) is 3.24. The van der Waals surface area contributed by atoms with Crippen LogP contribution in [-0.4, -0.2) is 35.7 Å². The number of carbonyl (C=O) groups is 2. The first-order valence-electron chi connectivity index (χ1n) is 9.19. The number of hydrogen-bond donors (Lipinski definition) is 0. The second-order valence-electron chi connectivity index (χ2n) is 8.05. The molecule has 1 aromatic rings. The van der Waals surface area contributed by atoms with E-state index in [1.165, 1.54) is 0 Å². The molecule has 0 radical (unpaired) electrons. The van der Waals surface area contributed by atoms with E-state index in [0.717, 1.165) is 24.0 Å². The second kappa shape index (κ2) is 7.14. The molecule has 0 unspecified atom stereocenters. The molecule has 2 aliphatic rings. The molecule has 0 bridgehead atoms. The Hall–Kier alpha value is -2.30. The molecule has 1 aliphatic heterocycles. The van der Waals surface area contributed by atoms with Gasteiger partial charge in [-0.1, -0.05) is 42.0 Å². The van der Waals surface area contributed by atoms with Gasteiger partial charge in [-0.15, -0.1) is 0 Å². The summed E-state index contributed by atoms with van der Waals surface area (Å²) in [7, 11) is 0. The van der Waals surface area contributed by atoms with Crippen molar-refractivity contribution in [2.24, 2.45) is 5.41 Å². The normalized spacial score (nSPS) is 18.7. The summed E-state index contributed by atoms with van der Waals surface area (Å²) in [4.78, 5) is 26.5. The van der Waals surface area contributed by atoms with Gasteiger partial charge in [0.25, 0.3) is 0 Å². The number of benzene rings is 1. The number of rotatable bonds is 4. The minimum atomic E-state index is -0.477.